The number of nitrogens with zero attached hydrogens (tertiary/aromatic N) is 2. The van der Waals surface area contributed by atoms with E-state index in [4.69, 9.17) is 0 Å². The first-order valence-electron chi connectivity index (χ1n) is 6.71. The second kappa shape index (κ2) is 7.90. The molecule has 0 aliphatic rings. The van der Waals surface area contributed by atoms with Crippen molar-refractivity contribution in [2.24, 2.45) is 10.2 Å². The van der Waals surface area contributed by atoms with Crippen LogP contribution in [0.4, 0.5) is 5.69 Å². The predicted molar refractivity (Wildman–Crippen MR) is 83.3 cm³/mol. The molecule has 0 N–H and O–H groups in total. The van der Waals surface area contributed by atoms with Crippen LogP contribution in [0.1, 0.15) is 27.8 Å². The molecule has 3 heteroatoms. The average molecular weight is 322 g/mol. The Bertz CT molecular complexity index is 573. The number of rotatable bonds is 3. The largest absolute Gasteiger partial charge is 0.185 e. The minimum absolute atomic E-state index is 0. The van der Waals surface area contributed by atoms with E-state index >= 15 is 0 Å². The summed E-state index contributed by atoms with van der Waals surface area (Å²) in [5.41, 5.74) is 6.69. The fraction of sp³-hybridized carbons (Fsp3) is 0.222. The van der Waals surface area contributed by atoms with E-state index in [1.807, 2.05) is 38.1 Å². The van der Waals surface area contributed by atoms with Crippen LogP contribution in [0.25, 0.3) is 0 Å². The van der Waals surface area contributed by atoms with Gasteiger partial charge < -0.3 is 0 Å². The quantitative estimate of drug-likeness (QED) is 0.412. The Morgan fingerprint density at radius 1 is 0.810 bits per heavy atom. The van der Waals surface area contributed by atoms with Crippen LogP contribution in [0, 0.1) is 33.8 Å². The van der Waals surface area contributed by atoms with Crippen LogP contribution < -0.4 is 0 Å². The molecule has 0 fully saturated rings. The molecule has 0 unspecified atom stereocenters. The molecule has 0 saturated heterocycles. The van der Waals surface area contributed by atoms with Gasteiger partial charge in [0.25, 0.3) is 0 Å². The minimum Gasteiger partial charge on any atom is -0.185 e. The van der Waals surface area contributed by atoms with Crippen molar-refractivity contribution in [3.63, 3.8) is 0 Å². The first kappa shape index (κ1) is 17.3. The van der Waals surface area contributed by atoms with Crippen molar-refractivity contribution in [2.45, 2.75) is 27.7 Å². The molecule has 0 spiro atoms. The molecule has 0 aliphatic heterocycles. The van der Waals surface area contributed by atoms with E-state index in [1.165, 1.54) is 11.1 Å². The summed E-state index contributed by atoms with van der Waals surface area (Å²) in [5.74, 6) is 0. The topological polar surface area (TPSA) is 24.7 Å². The molecule has 21 heavy (non-hydrogen) atoms. The second-order valence-corrected chi connectivity index (χ2v) is 5.00. The van der Waals surface area contributed by atoms with Crippen LogP contribution in [0.2, 0.25) is 0 Å². The smallest absolute Gasteiger partial charge is 0.0914 e. The van der Waals surface area contributed by atoms with Gasteiger partial charge in [0, 0.05) is 16.5 Å². The number of benzene rings is 2. The number of hydrogen-bond acceptors (Lipinski definition) is 2. The number of azo groups is 1. The molecule has 0 amide bonds. The first-order chi connectivity index (χ1) is 9.59. The summed E-state index contributed by atoms with van der Waals surface area (Å²) < 4.78 is 0. The zero-order valence-electron chi connectivity index (χ0n) is 12.8. The van der Waals surface area contributed by atoms with Gasteiger partial charge in [-0.15, -0.1) is 12.1 Å². The van der Waals surface area contributed by atoms with Gasteiger partial charge in [-0.25, -0.2) is 0 Å². The van der Waals surface area contributed by atoms with Gasteiger partial charge in [-0.2, -0.15) is 33.0 Å². The van der Waals surface area contributed by atoms with Crippen LogP contribution in [-0.4, -0.2) is 0 Å². The van der Waals surface area contributed by atoms with E-state index in [9.17, 15) is 0 Å². The Kier molecular flexibility index (Phi) is 6.52. The number of hydrogen-bond donors (Lipinski definition) is 0. The van der Waals surface area contributed by atoms with Crippen molar-refractivity contribution < 1.29 is 16.5 Å². The Labute approximate surface area is 136 Å². The average Bonchev–Trinajstić information content (AvgIpc) is 2.40. The summed E-state index contributed by atoms with van der Waals surface area (Å²) in [4.78, 5) is 0. The van der Waals surface area contributed by atoms with Crippen LogP contribution in [-0.2, 0) is 16.5 Å². The third-order valence-corrected chi connectivity index (χ3v) is 3.34. The van der Waals surface area contributed by atoms with Crippen molar-refractivity contribution in [1.82, 2.24) is 0 Å². The maximum absolute atomic E-state index is 4.29. The van der Waals surface area contributed by atoms with Crippen LogP contribution in [0.3, 0.4) is 0 Å². The Morgan fingerprint density at radius 3 is 1.81 bits per heavy atom. The summed E-state index contributed by atoms with van der Waals surface area (Å²) >= 11 is 0. The maximum Gasteiger partial charge on any atom is 0.0914 e. The van der Waals surface area contributed by atoms with Gasteiger partial charge in [-0.1, -0.05) is 38.1 Å². The van der Waals surface area contributed by atoms with Crippen molar-refractivity contribution in [1.29, 1.82) is 0 Å². The SMILES string of the molecule is Cc1cccc(C)c1[C-]=CN=Nc1c(C)cccc1C.[Ni]. The third-order valence-electron chi connectivity index (χ3n) is 3.34. The Hall–Kier alpha value is -1.73. The van der Waals surface area contributed by atoms with E-state index in [0.717, 1.165) is 22.4 Å². The molecule has 2 aromatic carbocycles. The van der Waals surface area contributed by atoms with E-state index < -0.39 is 0 Å². The number of aryl methyl sites for hydroxylation is 4. The zero-order chi connectivity index (χ0) is 14.5. The molecule has 112 valence electrons. The molecule has 0 atom stereocenters. The van der Waals surface area contributed by atoms with Gasteiger partial charge in [0.05, 0.1) is 5.69 Å². The molecule has 0 aromatic heterocycles. The molecule has 0 heterocycles. The fourth-order valence-corrected chi connectivity index (χ4v) is 2.19. The molecule has 0 bridgehead atoms. The van der Waals surface area contributed by atoms with Crippen LogP contribution in [0.5, 0.6) is 0 Å². The van der Waals surface area contributed by atoms with Crippen molar-refractivity contribution in [3.05, 3.63) is 76.5 Å². The van der Waals surface area contributed by atoms with Gasteiger partial charge in [-0.3, -0.25) is 0 Å². The van der Waals surface area contributed by atoms with E-state index in [2.05, 4.69) is 42.3 Å². The third kappa shape index (κ3) is 4.37. The molecular weight excluding hydrogens is 303 g/mol. The zero-order valence-corrected chi connectivity index (χ0v) is 13.7. The Morgan fingerprint density at radius 2 is 1.29 bits per heavy atom. The molecule has 0 radical (unpaired) electrons. The fourth-order valence-electron chi connectivity index (χ4n) is 2.19. The summed E-state index contributed by atoms with van der Waals surface area (Å²) in [6.45, 7) is 8.23. The van der Waals surface area contributed by atoms with E-state index in [0.29, 0.717) is 0 Å². The molecule has 0 aliphatic carbocycles. The summed E-state index contributed by atoms with van der Waals surface area (Å²) in [5, 5.41) is 8.42. The maximum atomic E-state index is 4.29. The standard InChI is InChI=1S/C18H19N2.Ni/c1-13-7-5-8-14(2)17(13)11-12-19-20-18-15(3)9-6-10-16(18)4;/h5-10,12H,1-4H3;/q-1;. The molecular formula is C18H19N2Ni-. The van der Waals surface area contributed by atoms with Gasteiger partial charge in [0.15, 0.2) is 0 Å². The monoisotopic (exact) mass is 321 g/mol. The van der Waals surface area contributed by atoms with Crippen LogP contribution in [0.15, 0.2) is 52.8 Å². The van der Waals surface area contributed by atoms with E-state index in [-0.39, 0.29) is 16.5 Å². The molecule has 2 rings (SSSR count). The van der Waals surface area contributed by atoms with Gasteiger partial charge >= 0.3 is 0 Å². The minimum atomic E-state index is 0. The normalized spacial score (nSPS) is 11.0. The van der Waals surface area contributed by atoms with Crippen LogP contribution >= 0.6 is 0 Å². The Balaban J connectivity index is 0.00000220. The summed E-state index contributed by atoms with van der Waals surface area (Å²) in [6.07, 6.45) is 4.85. The van der Waals surface area contributed by atoms with E-state index in [1.54, 1.807) is 6.20 Å². The van der Waals surface area contributed by atoms with Crippen molar-refractivity contribution in [3.8, 4) is 0 Å². The van der Waals surface area contributed by atoms with Gasteiger partial charge in [0.1, 0.15) is 0 Å². The summed E-state index contributed by atoms with van der Waals surface area (Å²) in [7, 11) is 0. The first-order valence-corrected chi connectivity index (χ1v) is 6.71. The van der Waals surface area contributed by atoms with Crippen molar-refractivity contribution in [2.75, 3.05) is 0 Å². The van der Waals surface area contributed by atoms with Gasteiger partial charge in [0.2, 0.25) is 0 Å². The molecule has 2 nitrogen and oxygen atoms in total. The molecule has 2 aromatic rings. The predicted octanol–water partition coefficient (Wildman–Crippen LogP) is 5.37. The van der Waals surface area contributed by atoms with Gasteiger partial charge in [-0.05, 0) is 31.2 Å². The summed E-state index contributed by atoms with van der Waals surface area (Å²) in [6, 6.07) is 12.3. The molecule has 0 saturated carbocycles. The van der Waals surface area contributed by atoms with Crippen molar-refractivity contribution >= 4 is 5.69 Å². The second-order valence-electron chi connectivity index (χ2n) is 5.00.